The van der Waals surface area contributed by atoms with E-state index in [9.17, 15) is 25.1 Å². The Morgan fingerprint density at radius 3 is 2.69 bits per heavy atom. The van der Waals surface area contributed by atoms with E-state index in [-0.39, 0.29) is 34.6 Å². The molecule has 1 aromatic heterocycles. The van der Waals surface area contributed by atoms with Crippen LogP contribution in [0.2, 0.25) is 0 Å². The van der Waals surface area contributed by atoms with E-state index in [1.165, 1.54) is 24.3 Å². The van der Waals surface area contributed by atoms with Gasteiger partial charge >= 0.3 is 5.97 Å². The highest BCUT2D eigenvalue weighted by Gasteiger charge is 2.22. The maximum absolute atomic E-state index is 12.5. The van der Waals surface area contributed by atoms with E-state index in [1.807, 2.05) is 0 Å². The van der Waals surface area contributed by atoms with Gasteiger partial charge < -0.3 is 24.9 Å². The van der Waals surface area contributed by atoms with E-state index < -0.39 is 19.2 Å². The second kappa shape index (κ2) is 7.24. The van der Waals surface area contributed by atoms with Crippen LogP contribution in [0.5, 0.6) is 5.75 Å². The second-order valence-electron chi connectivity index (χ2n) is 5.64. The molecule has 26 heavy (non-hydrogen) atoms. The van der Waals surface area contributed by atoms with Crippen LogP contribution in [0.4, 0.5) is 0 Å². The van der Waals surface area contributed by atoms with Gasteiger partial charge in [0.1, 0.15) is 30.2 Å². The molecule has 1 heterocycles. The third-order valence-corrected chi connectivity index (χ3v) is 3.92. The van der Waals surface area contributed by atoms with E-state index in [2.05, 4.69) is 0 Å². The maximum atomic E-state index is 12.5. The monoisotopic (exact) mass is 356 g/mol. The van der Waals surface area contributed by atoms with Crippen LogP contribution in [0.15, 0.2) is 48.5 Å². The number of benzene rings is 2. The molecule has 134 valence electrons. The zero-order valence-electron chi connectivity index (χ0n) is 13.7. The van der Waals surface area contributed by atoms with Crippen LogP contribution in [0.25, 0.3) is 11.0 Å². The number of fused-ring (bicyclic) bond motifs is 1. The third-order valence-electron chi connectivity index (χ3n) is 3.92. The fraction of sp³-hybridized carbons (Fsp3) is 0.167. The van der Waals surface area contributed by atoms with Crippen molar-refractivity contribution in [1.82, 2.24) is 4.73 Å². The molecular formula is C18H16N2O6. The second-order valence-corrected chi connectivity index (χ2v) is 5.64. The predicted octanol–water partition coefficient (Wildman–Crippen LogP) is 1.39. The molecule has 0 atom stereocenters. The lowest BCUT2D eigenvalue weighted by Gasteiger charge is -2.18. The minimum atomic E-state index is -0.671. The van der Waals surface area contributed by atoms with Gasteiger partial charge in [-0.15, -0.1) is 0 Å². The minimum Gasteiger partial charge on any atom is -0.805 e. The summed E-state index contributed by atoms with van der Waals surface area (Å²) in [6.45, 7) is -1.12. The fourth-order valence-corrected chi connectivity index (χ4v) is 2.66. The molecule has 0 aliphatic heterocycles. The number of carbonyl (C=O) groups is 1. The standard InChI is InChI=1S/C18H16N2O6/c21-10-16-17(20(25)15-7-2-1-6-14(15)19(16)24)11-26-18(23)9-12-4-3-5-13(22)8-12/h1-8,21-22H,9-11H2. The maximum Gasteiger partial charge on any atom is 0.310 e. The highest BCUT2D eigenvalue weighted by atomic mass is 16.5. The van der Waals surface area contributed by atoms with E-state index in [4.69, 9.17) is 4.74 Å². The summed E-state index contributed by atoms with van der Waals surface area (Å²) in [5.74, 6) is -0.609. The van der Waals surface area contributed by atoms with Crippen molar-refractivity contribution >= 4 is 17.0 Å². The molecule has 3 rings (SSSR count). The van der Waals surface area contributed by atoms with Gasteiger partial charge in [0, 0.05) is 11.0 Å². The summed E-state index contributed by atoms with van der Waals surface area (Å²) in [5, 5.41) is 31.4. The molecule has 0 unspecified atom stereocenters. The van der Waals surface area contributed by atoms with Gasteiger partial charge in [-0.05, 0) is 23.8 Å². The van der Waals surface area contributed by atoms with Crippen molar-refractivity contribution in [2.75, 3.05) is 0 Å². The molecule has 0 fully saturated rings. The van der Waals surface area contributed by atoms with E-state index in [0.717, 1.165) is 0 Å². The molecular weight excluding hydrogens is 340 g/mol. The number of aromatic nitrogens is 2. The lowest BCUT2D eigenvalue weighted by Crippen LogP contribution is -2.28. The molecule has 0 aliphatic carbocycles. The van der Waals surface area contributed by atoms with Crippen LogP contribution in [0, 0.1) is 10.1 Å². The molecule has 0 saturated carbocycles. The average Bonchev–Trinajstić information content (AvgIpc) is 2.63. The Morgan fingerprint density at radius 2 is 1.96 bits per heavy atom. The van der Waals surface area contributed by atoms with Gasteiger partial charge in [0.15, 0.2) is 0 Å². The normalized spacial score (nSPS) is 10.8. The number of carbonyl (C=O) groups excluding carboxylic acids is 1. The molecule has 0 aliphatic rings. The van der Waals surface area contributed by atoms with E-state index >= 15 is 0 Å². The Labute approximate surface area is 147 Å². The number of ether oxygens (including phenoxy) is 1. The van der Waals surface area contributed by atoms with Gasteiger partial charge in [0.05, 0.1) is 10.8 Å². The Balaban J connectivity index is 1.85. The van der Waals surface area contributed by atoms with Crippen molar-refractivity contribution in [3.63, 3.8) is 0 Å². The Bertz CT molecular complexity index is 1030. The number of aliphatic hydroxyl groups is 1. The van der Waals surface area contributed by atoms with Gasteiger partial charge in [-0.25, -0.2) is 0 Å². The summed E-state index contributed by atoms with van der Waals surface area (Å²) >= 11 is 0. The Kier molecular flexibility index (Phi) is 4.85. The van der Waals surface area contributed by atoms with Crippen molar-refractivity contribution in [3.05, 3.63) is 75.6 Å². The first-order valence-corrected chi connectivity index (χ1v) is 7.81. The number of hydrogen-bond donors (Lipinski definition) is 2. The summed E-state index contributed by atoms with van der Waals surface area (Å²) in [6, 6.07) is 12.3. The van der Waals surface area contributed by atoms with E-state index in [0.29, 0.717) is 14.7 Å². The van der Waals surface area contributed by atoms with Gasteiger partial charge in [-0.1, -0.05) is 24.3 Å². The number of rotatable bonds is 5. The number of phenolic OH excluding ortho intramolecular Hbond substituents is 1. The largest absolute Gasteiger partial charge is 0.805 e. The molecule has 0 saturated heterocycles. The molecule has 8 nitrogen and oxygen atoms in total. The third kappa shape index (κ3) is 3.35. The SMILES string of the molecule is O=C(Cc1cccc(O)c1)OCc1c(CO)[n+](=O)c2ccccc2n1[O-]. The van der Waals surface area contributed by atoms with Crippen LogP contribution in [0.1, 0.15) is 17.0 Å². The number of esters is 1. The molecule has 0 radical (unpaired) electrons. The van der Waals surface area contributed by atoms with Crippen molar-refractivity contribution in [3.8, 4) is 5.75 Å². The Morgan fingerprint density at radius 1 is 1.19 bits per heavy atom. The number of hydrogen-bond acceptors (Lipinski definition) is 6. The van der Waals surface area contributed by atoms with Crippen molar-refractivity contribution in [2.45, 2.75) is 19.6 Å². The molecule has 3 aromatic rings. The van der Waals surface area contributed by atoms with Crippen LogP contribution < -0.4 is 4.43 Å². The van der Waals surface area contributed by atoms with Crippen molar-refractivity contribution < 1.29 is 24.2 Å². The quantitative estimate of drug-likeness (QED) is 0.527. The first-order chi connectivity index (χ1) is 12.5. The smallest absolute Gasteiger partial charge is 0.310 e. The number of aliphatic hydroxyl groups excluding tert-OH is 1. The van der Waals surface area contributed by atoms with Crippen molar-refractivity contribution in [2.24, 2.45) is 0 Å². The lowest BCUT2D eigenvalue weighted by atomic mass is 10.1. The summed E-state index contributed by atoms with van der Waals surface area (Å²) in [6.07, 6.45) is -0.104. The van der Waals surface area contributed by atoms with Gasteiger partial charge in [-0.2, -0.15) is 0 Å². The minimum absolute atomic E-state index is 0.0252. The first-order valence-electron chi connectivity index (χ1n) is 7.81. The van der Waals surface area contributed by atoms with Crippen LogP contribution in [-0.2, 0) is 29.2 Å². The Hall–Kier alpha value is -3.39. The van der Waals surface area contributed by atoms with Crippen LogP contribution in [-0.4, -0.2) is 20.9 Å². The molecule has 2 aromatic carbocycles. The molecule has 0 bridgehead atoms. The summed E-state index contributed by atoms with van der Waals surface area (Å²) in [7, 11) is 0. The highest BCUT2D eigenvalue weighted by molar-refractivity contribution is 5.73. The molecule has 0 amide bonds. The van der Waals surface area contributed by atoms with Gasteiger partial charge in [0.2, 0.25) is 0 Å². The van der Waals surface area contributed by atoms with E-state index in [1.54, 1.807) is 24.3 Å². The first kappa shape index (κ1) is 17.4. The summed E-state index contributed by atoms with van der Waals surface area (Å²) < 4.78 is 6.04. The zero-order chi connectivity index (χ0) is 18.7. The number of aromatic hydroxyl groups is 1. The topological polar surface area (TPSA) is 118 Å². The van der Waals surface area contributed by atoms with Crippen LogP contribution >= 0.6 is 0 Å². The molecule has 8 heteroatoms. The highest BCUT2D eigenvalue weighted by Crippen LogP contribution is 2.16. The summed E-state index contributed by atoms with van der Waals surface area (Å²) in [4.78, 5) is 24.3. The van der Waals surface area contributed by atoms with Crippen LogP contribution in [0.3, 0.4) is 0 Å². The molecule has 0 spiro atoms. The number of para-hydroxylation sites is 2. The predicted molar refractivity (Wildman–Crippen MR) is 91.6 cm³/mol. The summed E-state index contributed by atoms with van der Waals surface area (Å²) in [5.41, 5.74) is 0.458. The number of nitrogens with zero attached hydrogens (tertiary/aromatic N) is 2. The lowest BCUT2D eigenvalue weighted by molar-refractivity contribution is -0.479. The number of phenols is 1. The average molecular weight is 356 g/mol. The van der Waals surface area contributed by atoms with Crippen molar-refractivity contribution in [1.29, 1.82) is 0 Å². The molecule has 2 N–H and O–H groups in total. The van der Waals surface area contributed by atoms with Gasteiger partial charge in [-0.3, -0.25) is 4.79 Å². The van der Waals surface area contributed by atoms with Gasteiger partial charge in [0.25, 0.3) is 11.2 Å². The zero-order valence-corrected chi connectivity index (χ0v) is 13.7. The fourth-order valence-electron chi connectivity index (χ4n) is 2.66.